The van der Waals surface area contributed by atoms with E-state index in [-0.39, 0.29) is 18.2 Å². The lowest BCUT2D eigenvalue weighted by Gasteiger charge is -2.18. The predicted molar refractivity (Wildman–Crippen MR) is 75.6 cm³/mol. The van der Waals surface area contributed by atoms with Crippen molar-refractivity contribution < 1.29 is 9.59 Å². The minimum atomic E-state index is -0.224. The molecular formula is C15H22N2O2. The van der Waals surface area contributed by atoms with E-state index in [0.717, 1.165) is 11.1 Å². The molecule has 0 radical (unpaired) electrons. The Balaban J connectivity index is 2.42. The summed E-state index contributed by atoms with van der Waals surface area (Å²) in [6, 6.07) is 7.94. The maximum absolute atomic E-state index is 11.7. The van der Waals surface area contributed by atoms with Crippen molar-refractivity contribution in [1.29, 1.82) is 0 Å². The Morgan fingerprint density at radius 3 is 2.47 bits per heavy atom. The van der Waals surface area contributed by atoms with E-state index in [4.69, 9.17) is 0 Å². The molecule has 0 atom stereocenters. The number of benzene rings is 1. The van der Waals surface area contributed by atoms with Crippen LogP contribution in [0.2, 0.25) is 0 Å². The minimum Gasteiger partial charge on any atom is -0.352 e. The van der Waals surface area contributed by atoms with E-state index in [1.807, 2.05) is 45.0 Å². The van der Waals surface area contributed by atoms with Gasteiger partial charge in [0.2, 0.25) is 11.8 Å². The minimum absolute atomic E-state index is 0.0759. The molecule has 0 aliphatic heterocycles. The van der Waals surface area contributed by atoms with Crippen LogP contribution in [0, 0.1) is 6.92 Å². The molecule has 0 saturated carbocycles. The van der Waals surface area contributed by atoms with Crippen LogP contribution < -0.4 is 5.32 Å². The lowest BCUT2D eigenvalue weighted by atomic mass is 10.1. The van der Waals surface area contributed by atoms with Crippen molar-refractivity contribution in [3.05, 3.63) is 35.4 Å². The summed E-state index contributed by atoms with van der Waals surface area (Å²) in [4.78, 5) is 25.1. The summed E-state index contributed by atoms with van der Waals surface area (Å²) in [6.45, 7) is 7.57. The molecule has 0 saturated heterocycles. The molecule has 1 rings (SSSR count). The second kappa shape index (κ2) is 7.56. The maximum Gasteiger partial charge on any atom is 0.231 e. The molecule has 0 unspecified atom stereocenters. The molecule has 1 aromatic rings. The summed E-state index contributed by atoms with van der Waals surface area (Å²) in [5.74, 6) is -0.342. The SMILES string of the molecule is CCN(CC)C(=O)CC(=O)NCc1cccc(C)c1. The number of nitrogens with one attached hydrogen (secondary N) is 1. The fraction of sp³-hybridized carbons (Fsp3) is 0.467. The molecule has 0 aromatic heterocycles. The zero-order valence-corrected chi connectivity index (χ0v) is 11.9. The second-order valence-electron chi connectivity index (χ2n) is 4.51. The largest absolute Gasteiger partial charge is 0.352 e. The molecule has 4 heteroatoms. The zero-order valence-electron chi connectivity index (χ0n) is 11.9. The van der Waals surface area contributed by atoms with E-state index < -0.39 is 0 Å². The number of rotatable bonds is 6. The van der Waals surface area contributed by atoms with E-state index in [0.29, 0.717) is 19.6 Å². The summed E-state index contributed by atoms with van der Waals surface area (Å²) in [5, 5.41) is 2.77. The van der Waals surface area contributed by atoms with Gasteiger partial charge in [-0.2, -0.15) is 0 Å². The van der Waals surface area contributed by atoms with Crippen molar-refractivity contribution in [1.82, 2.24) is 10.2 Å². The first kappa shape index (κ1) is 15.2. The van der Waals surface area contributed by atoms with Gasteiger partial charge in [-0.05, 0) is 26.3 Å². The molecule has 1 N–H and O–H groups in total. The second-order valence-corrected chi connectivity index (χ2v) is 4.51. The summed E-state index contributed by atoms with van der Waals surface area (Å²) in [6.07, 6.45) is -0.0759. The fourth-order valence-corrected chi connectivity index (χ4v) is 1.91. The molecule has 4 nitrogen and oxygen atoms in total. The van der Waals surface area contributed by atoms with E-state index in [1.165, 1.54) is 0 Å². The highest BCUT2D eigenvalue weighted by Gasteiger charge is 2.14. The van der Waals surface area contributed by atoms with E-state index >= 15 is 0 Å². The molecule has 19 heavy (non-hydrogen) atoms. The van der Waals surface area contributed by atoms with Gasteiger partial charge in [-0.25, -0.2) is 0 Å². The first-order valence-electron chi connectivity index (χ1n) is 6.66. The van der Waals surface area contributed by atoms with Crippen molar-refractivity contribution >= 4 is 11.8 Å². The molecule has 0 heterocycles. The van der Waals surface area contributed by atoms with Crippen molar-refractivity contribution in [3.8, 4) is 0 Å². The topological polar surface area (TPSA) is 49.4 Å². The van der Waals surface area contributed by atoms with Gasteiger partial charge in [-0.1, -0.05) is 29.8 Å². The molecule has 0 bridgehead atoms. The van der Waals surface area contributed by atoms with Gasteiger partial charge in [0.05, 0.1) is 0 Å². The van der Waals surface area contributed by atoms with Gasteiger partial charge in [0, 0.05) is 19.6 Å². The van der Waals surface area contributed by atoms with E-state index in [9.17, 15) is 9.59 Å². The Bertz CT molecular complexity index is 440. The first-order valence-corrected chi connectivity index (χ1v) is 6.66. The van der Waals surface area contributed by atoms with Crippen molar-refractivity contribution in [2.24, 2.45) is 0 Å². The quantitative estimate of drug-likeness (QED) is 0.796. The molecule has 0 aliphatic rings. The van der Waals surface area contributed by atoms with Crippen LogP contribution in [0.5, 0.6) is 0 Å². The van der Waals surface area contributed by atoms with Crippen LogP contribution in [0.3, 0.4) is 0 Å². The molecule has 104 valence electrons. The summed E-state index contributed by atoms with van der Waals surface area (Å²) in [5.41, 5.74) is 2.20. The number of aryl methyl sites for hydroxylation is 1. The highest BCUT2D eigenvalue weighted by Crippen LogP contribution is 2.03. The highest BCUT2D eigenvalue weighted by atomic mass is 16.2. The first-order chi connectivity index (χ1) is 9.06. The summed E-state index contributed by atoms with van der Waals surface area (Å²) in [7, 11) is 0. The Morgan fingerprint density at radius 2 is 1.89 bits per heavy atom. The molecule has 0 aliphatic carbocycles. The fourth-order valence-electron chi connectivity index (χ4n) is 1.91. The third-order valence-electron chi connectivity index (χ3n) is 3.00. The highest BCUT2D eigenvalue weighted by molar-refractivity contribution is 5.96. The predicted octanol–water partition coefficient (Wildman–Crippen LogP) is 1.87. The van der Waals surface area contributed by atoms with Crippen LogP contribution in [0.1, 0.15) is 31.4 Å². The average molecular weight is 262 g/mol. The molecular weight excluding hydrogens is 240 g/mol. The Labute approximate surface area is 114 Å². The van der Waals surface area contributed by atoms with Gasteiger partial charge < -0.3 is 10.2 Å². The molecule has 0 fully saturated rings. The number of carbonyl (C=O) groups excluding carboxylic acids is 2. The zero-order chi connectivity index (χ0) is 14.3. The number of amides is 2. The number of hydrogen-bond acceptors (Lipinski definition) is 2. The number of hydrogen-bond donors (Lipinski definition) is 1. The van der Waals surface area contributed by atoms with Gasteiger partial charge in [0.25, 0.3) is 0 Å². The van der Waals surface area contributed by atoms with E-state index in [2.05, 4.69) is 5.32 Å². The van der Waals surface area contributed by atoms with E-state index in [1.54, 1.807) is 4.90 Å². The van der Waals surface area contributed by atoms with Crippen LogP contribution in [-0.2, 0) is 16.1 Å². The van der Waals surface area contributed by atoms with Gasteiger partial charge in [-0.15, -0.1) is 0 Å². The monoisotopic (exact) mass is 262 g/mol. The van der Waals surface area contributed by atoms with Crippen LogP contribution in [-0.4, -0.2) is 29.8 Å². The lowest BCUT2D eigenvalue weighted by molar-refractivity contribution is -0.135. The van der Waals surface area contributed by atoms with Gasteiger partial charge >= 0.3 is 0 Å². The third-order valence-corrected chi connectivity index (χ3v) is 3.00. The smallest absolute Gasteiger partial charge is 0.231 e. The Hall–Kier alpha value is -1.84. The maximum atomic E-state index is 11.7. The van der Waals surface area contributed by atoms with Crippen LogP contribution >= 0.6 is 0 Å². The standard InChI is InChI=1S/C15H22N2O2/c1-4-17(5-2)15(19)10-14(18)16-11-13-8-6-7-12(3)9-13/h6-9H,4-5,10-11H2,1-3H3,(H,16,18). The van der Waals surface area contributed by atoms with Crippen LogP contribution in [0.25, 0.3) is 0 Å². The van der Waals surface area contributed by atoms with Crippen molar-refractivity contribution in [3.63, 3.8) is 0 Å². The number of nitrogens with zero attached hydrogens (tertiary/aromatic N) is 1. The van der Waals surface area contributed by atoms with Crippen LogP contribution in [0.15, 0.2) is 24.3 Å². The van der Waals surface area contributed by atoms with Gasteiger partial charge in [0.1, 0.15) is 6.42 Å². The Morgan fingerprint density at radius 1 is 1.21 bits per heavy atom. The van der Waals surface area contributed by atoms with Crippen molar-refractivity contribution in [2.75, 3.05) is 13.1 Å². The van der Waals surface area contributed by atoms with Gasteiger partial charge in [-0.3, -0.25) is 9.59 Å². The molecule has 1 aromatic carbocycles. The van der Waals surface area contributed by atoms with Crippen LogP contribution in [0.4, 0.5) is 0 Å². The number of carbonyl (C=O) groups is 2. The third kappa shape index (κ3) is 5.12. The van der Waals surface area contributed by atoms with Crippen molar-refractivity contribution in [2.45, 2.75) is 33.7 Å². The summed E-state index contributed by atoms with van der Waals surface area (Å²) < 4.78 is 0. The molecule has 0 spiro atoms. The molecule has 2 amide bonds. The normalized spacial score (nSPS) is 10.1. The summed E-state index contributed by atoms with van der Waals surface area (Å²) >= 11 is 0. The lowest BCUT2D eigenvalue weighted by Crippen LogP contribution is -2.35. The van der Waals surface area contributed by atoms with Gasteiger partial charge in [0.15, 0.2) is 0 Å². The Kier molecular flexibility index (Phi) is 6.06. The average Bonchev–Trinajstić information content (AvgIpc) is 2.38.